The van der Waals surface area contributed by atoms with Gasteiger partial charge in [0.15, 0.2) is 0 Å². The zero-order valence-electron chi connectivity index (χ0n) is 15.2. The van der Waals surface area contributed by atoms with E-state index in [1.54, 1.807) is 4.31 Å². The van der Waals surface area contributed by atoms with Crippen molar-refractivity contribution < 1.29 is 18.1 Å². The van der Waals surface area contributed by atoms with Gasteiger partial charge in [0.1, 0.15) is 18.9 Å². The molecule has 0 atom stereocenters. The van der Waals surface area contributed by atoms with E-state index >= 15 is 0 Å². The van der Waals surface area contributed by atoms with Gasteiger partial charge in [-0.05, 0) is 30.2 Å². The van der Waals surface area contributed by atoms with Crippen LogP contribution in [0.1, 0.15) is 11.1 Å². The fourth-order valence-electron chi connectivity index (χ4n) is 3.23. The molecule has 2 aromatic carbocycles. The number of nitrogens with zero attached hydrogens (tertiary/aromatic N) is 1. The number of piperazine rings is 1. The van der Waals surface area contributed by atoms with Crippen molar-refractivity contribution in [2.75, 3.05) is 39.3 Å². The van der Waals surface area contributed by atoms with Gasteiger partial charge in [-0.15, -0.1) is 0 Å². The highest BCUT2D eigenvalue weighted by atomic mass is 32.2. The third-order valence-electron chi connectivity index (χ3n) is 4.73. The number of ether oxygens (including phenoxy) is 1. The summed E-state index contributed by atoms with van der Waals surface area (Å²) in [6, 6.07) is 17.4. The number of hydrogen-bond acceptors (Lipinski definition) is 3. The maximum atomic E-state index is 12.6. The van der Waals surface area contributed by atoms with Crippen LogP contribution in [-0.2, 0) is 15.8 Å². The Morgan fingerprint density at radius 3 is 2.46 bits per heavy atom. The molecule has 0 amide bonds. The second-order valence-electron chi connectivity index (χ2n) is 6.81. The van der Waals surface area contributed by atoms with Crippen LogP contribution in [0, 0.1) is 6.92 Å². The molecule has 26 heavy (non-hydrogen) atoms. The summed E-state index contributed by atoms with van der Waals surface area (Å²) in [7, 11) is -3.24. The predicted octanol–water partition coefficient (Wildman–Crippen LogP) is 1.10. The average molecular weight is 376 g/mol. The number of sulfonamides is 1. The van der Waals surface area contributed by atoms with Crippen molar-refractivity contribution in [2.45, 2.75) is 12.7 Å². The molecule has 3 rings (SSSR count). The molecule has 1 N–H and O–H groups in total. The summed E-state index contributed by atoms with van der Waals surface area (Å²) in [4.78, 5) is 1.39. The Labute approximate surface area is 156 Å². The minimum atomic E-state index is -3.24. The lowest BCUT2D eigenvalue weighted by Crippen LogP contribution is -3.15. The van der Waals surface area contributed by atoms with E-state index in [2.05, 4.69) is 0 Å². The van der Waals surface area contributed by atoms with Gasteiger partial charge in [-0.2, -0.15) is 4.31 Å². The van der Waals surface area contributed by atoms with E-state index in [9.17, 15) is 8.42 Å². The van der Waals surface area contributed by atoms with Crippen LogP contribution in [0.4, 0.5) is 0 Å². The second kappa shape index (κ2) is 8.66. The fraction of sp³-hybridized carbons (Fsp3) is 0.400. The van der Waals surface area contributed by atoms with Crippen LogP contribution in [0.25, 0.3) is 0 Å². The Bertz CT molecular complexity index is 801. The Morgan fingerprint density at radius 2 is 1.77 bits per heavy atom. The number of benzene rings is 2. The zero-order valence-corrected chi connectivity index (χ0v) is 16.0. The van der Waals surface area contributed by atoms with Crippen LogP contribution in [0.3, 0.4) is 0 Å². The molecule has 140 valence electrons. The Hall–Kier alpha value is -1.89. The highest BCUT2D eigenvalue weighted by Gasteiger charge is 2.28. The number of rotatable bonds is 7. The van der Waals surface area contributed by atoms with E-state index in [1.807, 2.05) is 61.5 Å². The van der Waals surface area contributed by atoms with Gasteiger partial charge in [0.05, 0.1) is 31.9 Å². The molecule has 2 aromatic rings. The lowest BCUT2D eigenvalue weighted by Gasteiger charge is -2.31. The Balaban J connectivity index is 1.43. The summed E-state index contributed by atoms with van der Waals surface area (Å²) in [5.41, 5.74) is 2.03. The predicted molar refractivity (Wildman–Crippen MR) is 103 cm³/mol. The van der Waals surface area contributed by atoms with Gasteiger partial charge >= 0.3 is 0 Å². The largest absolute Gasteiger partial charge is 0.488 e. The van der Waals surface area contributed by atoms with Crippen LogP contribution < -0.4 is 9.64 Å². The fourth-order valence-corrected chi connectivity index (χ4v) is 4.76. The molecular formula is C20H27N2O3S+. The second-order valence-corrected chi connectivity index (χ2v) is 8.77. The van der Waals surface area contributed by atoms with E-state index in [0.717, 1.165) is 30.9 Å². The molecule has 0 aromatic heterocycles. The van der Waals surface area contributed by atoms with Gasteiger partial charge < -0.3 is 9.64 Å². The molecule has 1 saturated heterocycles. The van der Waals surface area contributed by atoms with Crippen molar-refractivity contribution in [2.24, 2.45) is 0 Å². The quantitative estimate of drug-likeness (QED) is 0.789. The summed E-state index contributed by atoms with van der Waals surface area (Å²) < 4.78 is 32.6. The molecule has 0 unspecified atom stereocenters. The first-order chi connectivity index (χ1) is 12.5. The molecule has 0 aliphatic carbocycles. The third kappa shape index (κ3) is 5.30. The van der Waals surface area contributed by atoms with Gasteiger partial charge in [-0.1, -0.05) is 42.5 Å². The smallest absolute Gasteiger partial charge is 0.218 e. The molecule has 1 aliphatic rings. The van der Waals surface area contributed by atoms with Gasteiger partial charge in [0.2, 0.25) is 10.0 Å². The first-order valence-corrected chi connectivity index (χ1v) is 10.7. The number of hydrogen-bond donors (Lipinski definition) is 1. The van der Waals surface area contributed by atoms with Gasteiger partial charge in [0.25, 0.3) is 0 Å². The molecule has 1 aliphatic heterocycles. The minimum absolute atomic E-state index is 0.0830. The zero-order chi connectivity index (χ0) is 18.4. The van der Waals surface area contributed by atoms with Crippen LogP contribution in [0.5, 0.6) is 5.75 Å². The van der Waals surface area contributed by atoms with Crippen LogP contribution in [-0.4, -0.2) is 52.1 Å². The maximum absolute atomic E-state index is 12.6. The summed E-state index contributed by atoms with van der Waals surface area (Å²) in [5.74, 6) is 0.980. The van der Waals surface area contributed by atoms with Crippen molar-refractivity contribution in [3.8, 4) is 5.75 Å². The normalized spacial score (nSPS) is 16.5. The van der Waals surface area contributed by atoms with Crippen LogP contribution in [0.2, 0.25) is 0 Å². The molecule has 0 radical (unpaired) electrons. The molecule has 0 bridgehead atoms. The van der Waals surface area contributed by atoms with Crippen LogP contribution >= 0.6 is 0 Å². The average Bonchev–Trinajstić information content (AvgIpc) is 2.63. The number of nitrogens with one attached hydrogen (secondary N) is 1. The summed E-state index contributed by atoms with van der Waals surface area (Å²) in [5, 5.41) is 0. The third-order valence-corrected chi connectivity index (χ3v) is 6.58. The lowest BCUT2D eigenvalue weighted by atomic mass is 10.2. The highest BCUT2D eigenvalue weighted by molar-refractivity contribution is 7.88. The Morgan fingerprint density at radius 1 is 1.04 bits per heavy atom. The number of quaternary nitrogens is 1. The standard InChI is InChI=1S/C20H26N2O3S/c1-18-6-5-9-20(16-18)25-15-14-21-10-12-22(13-11-21)26(23,24)17-19-7-3-2-4-8-19/h2-9,16H,10-15,17H2,1H3/p+1. The summed E-state index contributed by atoms with van der Waals surface area (Å²) in [6.07, 6.45) is 0. The van der Waals surface area contributed by atoms with E-state index in [4.69, 9.17) is 4.74 Å². The van der Waals surface area contributed by atoms with Gasteiger partial charge in [-0.25, -0.2) is 8.42 Å². The van der Waals surface area contributed by atoms with Crippen molar-refractivity contribution >= 4 is 10.0 Å². The van der Waals surface area contributed by atoms with Gasteiger partial charge in [0, 0.05) is 0 Å². The number of aryl methyl sites for hydroxylation is 1. The SMILES string of the molecule is Cc1cccc(OCC[NH+]2CCN(S(=O)(=O)Cc3ccccc3)CC2)c1. The summed E-state index contributed by atoms with van der Waals surface area (Å²) in [6.45, 7) is 6.39. The molecule has 5 nitrogen and oxygen atoms in total. The summed E-state index contributed by atoms with van der Waals surface area (Å²) >= 11 is 0. The minimum Gasteiger partial charge on any atom is -0.488 e. The lowest BCUT2D eigenvalue weighted by molar-refractivity contribution is -0.903. The van der Waals surface area contributed by atoms with E-state index < -0.39 is 10.0 Å². The van der Waals surface area contributed by atoms with Crippen molar-refractivity contribution in [3.05, 3.63) is 65.7 Å². The monoisotopic (exact) mass is 375 g/mol. The Kier molecular flexibility index (Phi) is 6.29. The van der Waals surface area contributed by atoms with Crippen LogP contribution in [0.15, 0.2) is 54.6 Å². The highest BCUT2D eigenvalue weighted by Crippen LogP contribution is 2.12. The topological polar surface area (TPSA) is 51.1 Å². The molecule has 1 fully saturated rings. The molecule has 6 heteroatoms. The van der Waals surface area contributed by atoms with Gasteiger partial charge in [-0.3, -0.25) is 0 Å². The maximum Gasteiger partial charge on any atom is 0.218 e. The molecular weight excluding hydrogens is 348 g/mol. The van der Waals surface area contributed by atoms with Crippen molar-refractivity contribution in [1.82, 2.24) is 4.31 Å². The van der Waals surface area contributed by atoms with Crippen molar-refractivity contribution in [1.29, 1.82) is 0 Å². The van der Waals surface area contributed by atoms with E-state index in [-0.39, 0.29) is 5.75 Å². The first kappa shape index (κ1) is 18.9. The first-order valence-electron chi connectivity index (χ1n) is 9.08. The molecule has 0 saturated carbocycles. The van der Waals surface area contributed by atoms with Crippen molar-refractivity contribution in [3.63, 3.8) is 0 Å². The van der Waals surface area contributed by atoms with E-state index in [1.165, 1.54) is 10.5 Å². The molecule has 1 heterocycles. The molecule has 0 spiro atoms. The van der Waals surface area contributed by atoms with E-state index in [0.29, 0.717) is 19.7 Å².